The summed E-state index contributed by atoms with van der Waals surface area (Å²) in [6, 6.07) is 7.56. The van der Waals surface area contributed by atoms with Gasteiger partial charge in [0.1, 0.15) is 0 Å². The molecule has 1 unspecified atom stereocenters. The van der Waals surface area contributed by atoms with E-state index >= 15 is 0 Å². The highest BCUT2D eigenvalue weighted by atomic mass is 16.5. The van der Waals surface area contributed by atoms with Gasteiger partial charge in [0.05, 0.1) is 19.3 Å². The molecule has 1 rings (SSSR count). The molecule has 1 atom stereocenters. The van der Waals surface area contributed by atoms with Crippen LogP contribution >= 0.6 is 0 Å². The number of hydrogen-bond donors (Lipinski definition) is 2. The first-order valence-electron chi connectivity index (χ1n) is 6.19. The molecule has 0 aliphatic heterocycles. The van der Waals surface area contributed by atoms with Gasteiger partial charge in [-0.3, -0.25) is 4.79 Å². The fraction of sp³-hybridized carbons (Fsp3) is 0.500. The molecule has 1 aromatic carbocycles. The Kier molecular flexibility index (Phi) is 6.39. The van der Waals surface area contributed by atoms with Crippen molar-refractivity contribution in [3.05, 3.63) is 35.4 Å². The van der Waals surface area contributed by atoms with Crippen LogP contribution in [0.1, 0.15) is 30.5 Å². The zero-order chi connectivity index (χ0) is 13.4. The quantitative estimate of drug-likeness (QED) is 0.771. The van der Waals surface area contributed by atoms with Gasteiger partial charge in [-0.25, -0.2) is 0 Å². The molecule has 0 aliphatic carbocycles. The van der Waals surface area contributed by atoms with E-state index in [1.807, 2.05) is 24.3 Å². The molecule has 0 spiro atoms. The number of benzene rings is 1. The van der Waals surface area contributed by atoms with Crippen molar-refractivity contribution in [2.45, 2.75) is 25.8 Å². The molecular formula is C14H21NO3. The average molecular weight is 251 g/mol. The number of aliphatic hydroxyl groups excluding tert-OH is 1. The summed E-state index contributed by atoms with van der Waals surface area (Å²) < 4.78 is 4.84. The zero-order valence-electron chi connectivity index (χ0n) is 11.0. The second-order valence-corrected chi connectivity index (χ2v) is 4.14. The van der Waals surface area contributed by atoms with Crippen molar-refractivity contribution in [2.75, 3.05) is 20.3 Å². The van der Waals surface area contributed by atoms with Crippen LogP contribution in [0.25, 0.3) is 0 Å². The molecule has 2 N–H and O–H groups in total. The van der Waals surface area contributed by atoms with Gasteiger partial charge in [0.15, 0.2) is 0 Å². The second kappa shape index (κ2) is 7.84. The number of aryl methyl sites for hydroxylation is 1. The monoisotopic (exact) mass is 251 g/mol. The van der Waals surface area contributed by atoms with E-state index < -0.39 is 0 Å². The van der Waals surface area contributed by atoms with Crippen molar-refractivity contribution in [3.8, 4) is 0 Å². The number of aliphatic hydroxyl groups is 1. The van der Waals surface area contributed by atoms with E-state index in [9.17, 15) is 9.90 Å². The predicted molar refractivity (Wildman–Crippen MR) is 70.3 cm³/mol. The Hall–Kier alpha value is -1.39. The minimum Gasteiger partial charge on any atom is -0.394 e. The summed E-state index contributed by atoms with van der Waals surface area (Å²) in [5, 5.41) is 12.1. The summed E-state index contributed by atoms with van der Waals surface area (Å²) in [4.78, 5) is 11.6. The standard InChI is InChI=1S/C14H21NO3/c1-3-11-4-6-12(7-5-11)13(10-16)15-14(17)8-9-18-2/h4-7,13,16H,3,8-10H2,1-2H3,(H,15,17). The van der Waals surface area contributed by atoms with Gasteiger partial charge in [-0.15, -0.1) is 0 Å². The number of ether oxygens (including phenoxy) is 1. The van der Waals surface area contributed by atoms with Crippen LogP contribution in [0.2, 0.25) is 0 Å². The third kappa shape index (κ3) is 4.47. The molecule has 0 aliphatic rings. The van der Waals surface area contributed by atoms with Gasteiger partial charge >= 0.3 is 0 Å². The lowest BCUT2D eigenvalue weighted by molar-refractivity contribution is -0.123. The van der Waals surface area contributed by atoms with Crippen LogP contribution < -0.4 is 5.32 Å². The highest BCUT2D eigenvalue weighted by Crippen LogP contribution is 2.14. The lowest BCUT2D eigenvalue weighted by Crippen LogP contribution is -2.31. The van der Waals surface area contributed by atoms with Crippen LogP contribution in [-0.4, -0.2) is 31.3 Å². The van der Waals surface area contributed by atoms with Crippen LogP contribution in [-0.2, 0) is 16.0 Å². The fourth-order valence-corrected chi connectivity index (χ4v) is 1.68. The van der Waals surface area contributed by atoms with Crippen LogP contribution in [0.3, 0.4) is 0 Å². The molecule has 0 radical (unpaired) electrons. The Balaban J connectivity index is 2.61. The van der Waals surface area contributed by atoms with E-state index in [4.69, 9.17) is 4.74 Å². The molecule has 4 nitrogen and oxygen atoms in total. The molecule has 1 amide bonds. The first kappa shape index (κ1) is 14.7. The van der Waals surface area contributed by atoms with Crippen molar-refractivity contribution < 1.29 is 14.6 Å². The Morgan fingerprint density at radius 3 is 2.56 bits per heavy atom. The highest BCUT2D eigenvalue weighted by Gasteiger charge is 2.13. The second-order valence-electron chi connectivity index (χ2n) is 4.14. The van der Waals surface area contributed by atoms with Crippen molar-refractivity contribution in [3.63, 3.8) is 0 Å². The number of carbonyl (C=O) groups excluding carboxylic acids is 1. The molecular weight excluding hydrogens is 230 g/mol. The number of carbonyl (C=O) groups is 1. The minimum absolute atomic E-state index is 0.107. The van der Waals surface area contributed by atoms with E-state index in [1.54, 1.807) is 7.11 Å². The molecule has 0 heterocycles. The smallest absolute Gasteiger partial charge is 0.222 e. The molecule has 0 fully saturated rings. The van der Waals surface area contributed by atoms with E-state index in [0.29, 0.717) is 13.0 Å². The van der Waals surface area contributed by atoms with Crippen LogP contribution in [0.15, 0.2) is 24.3 Å². The van der Waals surface area contributed by atoms with Gasteiger partial charge in [0.2, 0.25) is 5.91 Å². The van der Waals surface area contributed by atoms with Crippen LogP contribution in [0.5, 0.6) is 0 Å². The first-order valence-corrected chi connectivity index (χ1v) is 6.19. The number of rotatable bonds is 7. The van der Waals surface area contributed by atoms with Gasteiger partial charge in [-0.1, -0.05) is 31.2 Å². The SMILES string of the molecule is CCc1ccc(C(CO)NC(=O)CCOC)cc1. The molecule has 0 saturated heterocycles. The van der Waals surface area contributed by atoms with Crippen molar-refractivity contribution >= 4 is 5.91 Å². The van der Waals surface area contributed by atoms with Crippen molar-refractivity contribution in [2.24, 2.45) is 0 Å². The lowest BCUT2D eigenvalue weighted by atomic mass is 10.0. The summed E-state index contributed by atoms with van der Waals surface area (Å²) in [6.45, 7) is 2.37. The number of amides is 1. The number of hydrogen-bond acceptors (Lipinski definition) is 3. The molecule has 0 saturated carbocycles. The molecule has 100 valence electrons. The third-order valence-electron chi connectivity index (χ3n) is 2.84. The van der Waals surface area contributed by atoms with Gasteiger partial charge in [-0.05, 0) is 17.5 Å². The van der Waals surface area contributed by atoms with Gasteiger partial charge in [-0.2, -0.15) is 0 Å². The topological polar surface area (TPSA) is 58.6 Å². The summed E-state index contributed by atoms with van der Waals surface area (Å²) in [7, 11) is 1.56. The van der Waals surface area contributed by atoms with E-state index in [-0.39, 0.29) is 18.6 Å². The van der Waals surface area contributed by atoms with Crippen LogP contribution in [0, 0.1) is 0 Å². The van der Waals surface area contributed by atoms with Gasteiger partial charge in [0, 0.05) is 13.5 Å². The van der Waals surface area contributed by atoms with E-state index in [2.05, 4.69) is 12.2 Å². The Bertz CT molecular complexity index is 362. The maximum atomic E-state index is 11.6. The molecule has 1 aromatic rings. The normalized spacial score (nSPS) is 12.2. The molecule has 0 aromatic heterocycles. The summed E-state index contributed by atoms with van der Waals surface area (Å²) in [5.74, 6) is -0.115. The largest absolute Gasteiger partial charge is 0.394 e. The predicted octanol–water partition coefficient (Wildman–Crippen LogP) is 1.44. The van der Waals surface area contributed by atoms with Crippen LogP contribution in [0.4, 0.5) is 0 Å². The minimum atomic E-state index is -0.347. The number of methoxy groups -OCH3 is 1. The van der Waals surface area contributed by atoms with E-state index in [0.717, 1.165) is 12.0 Å². The fourth-order valence-electron chi connectivity index (χ4n) is 1.68. The van der Waals surface area contributed by atoms with Crippen molar-refractivity contribution in [1.29, 1.82) is 0 Å². The Labute approximate surface area is 108 Å². The van der Waals surface area contributed by atoms with Gasteiger partial charge < -0.3 is 15.2 Å². The summed E-state index contributed by atoms with van der Waals surface area (Å²) >= 11 is 0. The first-order chi connectivity index (χ1) is 8.71. The summed E-state index contributed by atoms with van der Waals surface area (Å²) in [5.41, 5.74) is 2.15. The Morgan fingerprint density at radius 2 is 2.06 bits per heavy atom. The molecule has 0 bridgehead atoms. The maximum Gasteiger partial charge on any atom is 0.222 e. The van der Waals surface area contributed by atoms with E-state index in [1.165, 1.54) is 5.56 Å². The lowest BCUT2D eigenvalue weighted by Gasteiger charge is -2.17. The third-order valence-corrected chi connectivity index (χ3v) is 2.84. The Morgan fingerprint density at radius 1 is 1.39 bits per heavy atom. The maximum absolute atomic E-state index is 11.6. The number of nitrogens with one attached hydrogen (secondary N) is 1. The van der Waals surface area contributed by atoms with Crippen molar-refractivity contribution in [1.82, 2.24) is 5.32 Å². The molecule has 4 heteroatoms. The van der Waals surface area contributed by atoms with Gasteiger partial charge in [0.25, 0.3) is 0 Å². The zero-order valence-corrected chi connectivity index (χ0v) is 11.0. The highest BCUT2D eigenvalue weighted by molar-refractivity contribution is 5.76. The molecule has 18 heavy (non-hydrogen) atoms. The summed E-state index contributed by atoms with van der Waals surface area (Å²) in [6.07, 6.45) is 1.28. The average Bonchev–Trinajstić information content (AvgIpc) is 2.42.